The molecule has 0 spiro atoms. The topological polar surface area (TPSA) is 46.2 Å². The molecule has 2 nitrogen and oxygen atoms in total. The highest BCUT2D eigenvalue weighted by atomic mass is 16.2. The van der Waals surface area contributed by atoms with E-state index in [1.807, 2.05) is 12.2 Å². The molecule has 0 aromatic carbocycles. The molecule has 0 radical (unpaired) electrons. The highest BCUT2D eigenvalue weighted by Crippen LogP contribution is 2.02. The monoisotopic (exact) mass is 141 g/mol. The number of rotatable bonds is 4. The van der Waals surface area contributed by atoms with Crippen molar-refractivity contribution in [2.75, 3.05) is 6.61 Å². The number of hydrogen-bond acceptors (Lipinski definition) is 2. The van der Waals surface area contributed by atoms with Gasteiger partial charge in [-0.25, -0.2) is 0 Å². The van der Waals surface area contributed by atoms with Crippen LogP contribution in [0.1, 0.15) is 13.3 Å². The Labute approximate surface area is 62.0 Å². The van der Waals surface area contributed by atoms with E-state index in [2.05, 4.69) is 6.92 Å². The minimum Gasteiger partial charge on any atom is -0.405 e. The molecular weight excluding hydrogens is 126 g/mol. The number of aliphatic hydroxyl groups excluding tert-OH is 1. The van der Waals surface area contributed by atoms with E-state index in [0.717, 1.165) is 6.42 Å². The van der Waals surface area contributed by atoms with Crippen LogP contribution in [0.4, 0.5) is 0 Å². The lowest BCUT2D eigenvalue weighted by Crippen LogP contribution is -1.88. The fourth-order valence-electron chi connectivity index (χ4n) is 0.654. The molecule has 0 heterocycles. The van der Waals surface area contributed by atoms with Crippen LogP contribution in [-0.4, -0.2) is 11.7 Å². The van der Waals surface area contributed by atoms with Crippen molar-refractivity contribution in [1.29, 1.82) is 0 Å². The molecule has 0 amide bonds. The second-order valence-corrected chi connectivity index (χ2v) is 2.25. The fourth-order valence-corrected chi connectivity index (χ4v) is 0.654. The van der Waals surface area contributed by atoms with Gasteiger partial charge in [-0.3, -0.25) is 0 Å². The molecule has 0 aromatic heterocycles. The second-order valence-electron chi connectivity index (χ2n) is 2.25. The Kier molecular flexibility index (Phi) is 5.88. The van der Waals surface area contributed by atoms with Crippen molar-refractivity contribution >= 4 is 0 Å². The van der Waals surface area contributed by atoms with Crippen molar-refractivity contribution in [1.82, 2.24) is 0 Å². The molecule has 2 heteroatoms. The zero-order valence-electron chi connectivity index (χ0n) is 6.33. The van der Waals surface area contributed by atoms with Gasteiger partial charge in [0, 0.05) is 0 Å². The minimum absolute atomic E-state index is 0.124. The Hall–Kier alpha value is -0.760. The van der Waals surface area contributed by atoms with Gasteiger partial charge in [-0.15, -0.1) is 0 Å². The van der Waals surface area contributed by atoms with Crippen molar-refractivity contribution in [2.24, 2.45) is 11.7 Å². The number of aliphatic hydroxyl groups is 1. The van der Waals surface area contributed by atoms with Crippen LogP contribution < -0.4 is 5.73 Å². The van der Waals surface area contributed by atoms with Gasteiger partial charge < -0.3 is 10.8 Å². The molecule has 10 heavy (non-hydrogen) atoms. The average molecular weight is 141 g/mol. The van der Waals surface area contributed by atoms with E-state index >= 15 is 0 Å². The molecule has 58 valence electrons. The molecule has 0 saturated heterocycles. The van der Waals surface area contributed by atoms with Gasteiger partial charge >= 0.3 is 0 Å². The molecule has 0 aliphatic rings. The Morgan fingerprint density at radius 2 is 2.20 bits per heavy atom. The van der Waals surface area contributed by atoms with Gasteiger partial charge in [0.15, 0.2) is 0 Å². The van der Waals surface area contributed by atoms with Gasteiger partial charge in [-0.2, -0.15) is 0 Å². The number of nitrogens with two attached hydrogens (primary N) is 1. The summed E-state index contributed by atoms with van der Waals surface area (Å²) in [6.45, 7) is 2.20. The third-order valence-corrected chi connectivity index (χ3v) is 1.22. The van der Waals surface area contributed by atoms with E-state index in [9.17, 15) is 0 Å². The van der Waals surface area contributed by atoms with Crippen LogP contribution in [-0.2, 0) is 0 Å². The molecule has 0 aromatic rings. The summed E-state index contributed by atoms with van der Waals surface area (Å²) < 4.78 is 0. The van der Waals surface area contributed by atoms with Gasteiger partial charge in [0.2, 0.25) is 0 Å². The van der Waals surface area contributed by atoms with E-state index < -0.39 is 0 Å². The van der Waals surface area contributed by atoms with Gasteiger partial charge in [-0.05, 0) is 18.5 Å². The third-order valence-electron chi connectivity index (χ3n) is 1.22. The lowest BCUT2D eigenvalue weighted by atomic mass is 10.1. The molecule has 0 saturated carbocycles. The average Bonchev–Trinajstić information content (AvgIpc) is 1.89. The molecule has 1 atom stereocenters. The minimum atomic E-state index is 0.124. The first-order chi connectivity index (χ1) is 4.81. The van der Waals surface area contributed by atoms with Gasteiger partial charge in [-0.1, -0.05) is 25.2 Å². The zero-order chi connectivity index (χ0) is 7.82. The summed E-state index contributed by atoms with van der Waals surface area (Å²) in [6, 6.07) is 0. The first-order valence-electron chi connectivity index (χ1n) is 3.45. The molecule has 3 N–H and O–H groups in total. The quantitative estimate of drug-likeness (QED) is 0.574. The smallest absolute Gasteiger partial charge is 0.0612 e. The SMILES string of the molecule is CC(/C=C/N)C/C=C/CO. The Balaban J connectivity index is 3.38. The Morgan fingerprint density at radius 1 is 1.50 bits per heavy atom. The lowest BCUT2D eigenvalue weighted by molar-refractivity contribution is 0.342. The predicted molar refractivity (Wildman–Crippen MR) is 43.3 cm³/mol. The van der Waals surface area contributed by atoms with Crippen LogP contribution >= 0.6 is 0 Å². The van der Waals surface area contributed by atoms with Crippen LogP contribution in [0.3, 0.4) is 0 Å². The van der Waals surface area contributed by atoms with E-state index in [-0.39, 0.29) is 6.61 Å². The Morgan fingerprint density at radius 3 is 2.70 bits per heavy atom. The lowest BCUT2D eigenvalue weighted by Gasteiger charge is -1.98. The third kappa shape index (κ3) is 5.38. The van der Waals surface area contributed by atoms with Crippen molar-refractivity contribution in [3.63, 3.8) is 0 Å². The first kappa shape index (κ1) is 9.24. The molecule has 0 rings (SSSR count). The fraction of sp³-hybridized carbons (Fsp3) is 0.500. The van der Waals surface area contributed by atoms with Crippen LogP contribution in [0, 0.1) is 5.92 Å². The van der Waals surface area contributed by atoms with E-state index in [1.165, 1.54) is 0 Å². The molecule has 0 fully saturated rings. The summed E-state index contributed by atoms with van der Waals surface area (Å²) >= 11 is 0. The van der Waals surface area contributed by atoms with Crippen molar-refractivity contribution in [2.45, 2.75) is 13.3 Å². The van der Waals surface area contributed by atoms with Crippen LogP contribution in [0.15, 0.2) is 24.4 Å². The summed E-state index contributed by atoms with van der Waals surface area (Å²) in [7, 11) is 0. The van der Waals surface area contributed by atoms with Gasteiger partial charge in [0.25, 0.3) is 0 Å². The largest absolute Gasteiger partial charge is 0.405 e. The number of allylic oxidation sites excluding steroid dienone is 2. The van der Waals surface area contributed by atoms with E-state index in [0.29, 0.717) is 5.92 Å². The molecule has 0 bridgehead atoms. The van der Waals surface area contributed by atoms with Crippen LogP contribution in [0.5, 0.6) is 0 Å². The molecular formula is C8H15NO. The molecule has 0 aliphatic carbocycles. The van der Waals surface area contributed by atoms with Crippen molar-refractivity contribution in [3.05, 3.63) is 24.4 Å². The second kappa shape index (κ2) is 6.36. The summed E-state index contributed by atoms with van der Waals surface area (Å²) in [5.41, 5.74) is 5.18. The van der Waals surface area contributed by atoms with E-state index in [1.54, 1.807) is 12.3 Å². The normalized spacial score (nSPS) is 15.0. The zero-order valence-corrected chi connectivity index (χ0v) is 6.33. The maximum atomic E-state index is 8.38. The summed E-state index contributed by atoms with van der Waals surface area (Å²) in [5.74, 6) is 0.466. The summed E-state index contributed by atoms with van der Waals surface area (Å²) in [4.78, 5) is 0. The number of hydrogen-bond donors (Lipinski definition) is 2. The van der Waals surface area contributed by atoms with Crippen molar-refractivity contribution < 1.29 is 5.11 Å². The Bertz CT molecular complexity index is 118. The van der Waals surface area contributed by atoms with Crippen LogP contribution in [0.2, 0.25) is 0 Å². The van der Waals surface area contributed by atoms with E-state index in [4.69, 9.17) is 10.8 Å². The summed E-state index contributed by atoms with van der Waals surface area (Å²) in [5, 5.41) is 8.38. The maximum Gasteiger partial charge on any atom is 0.0612 e. The van der Waals surface area contributed by atoms with Gasteiger partial charge in [0.1, 0.15) is 0 Å². The van der Waals surface area contributed by atoms with Gasteiger partial charge in [0.05, 0.1) is 6.61 Å². The molecule has 0 aliphatic heterocycles. The maximum absolute atomic E-state index is 8.38. The van der Waals surface area contributed by atoms with Crippen molar-refractivity contribution in [3.8, 4) is 0 Å². The predicted octanol–water partition coefficient (Wildman–Crippen LogP) is 1.03. The summed E-state index contributed by atoms with van der Waals surface area (Å²) in [6.07, 6.45) is 8.11. The first-order valence-corrected chi connectivity index (χ1v) is 3.45. The highest BCUT2D eigenvalue weighted by Gasteiger charge is 1.89. The standard InChI is InChI=1S/C8H15NO/c1-8(5-6-9)4-2-3-7-10/h2-3,5-6,8,10H,4,7,9H2,1H3/b3-2+,6-5+. The van der Waals surface area contributed by atoms with Crippen LogP contribution in [0.25, 0.3) is 0 Å². The highest BCUT2D eigenvalue weighted by molar-refractivity contribution is 4.90. The molecule has 1 unspecified atom stereocenters.